The Morgan fingerprint density at radius 2 is 1.78 bits per heavy atom. The molecule has 0 unspecified atom stereocenters. The van der Waals surface area contributed by atoms with Crippen molar-refractivity contribution in [3.05, 3.63) is 53.8 Å². The second-order valence-electron chi connectivity index (χ2n) is 4.61. The van der Waals surface area contributed by atoms with Gasteiger partial charge in [0.25, 0.3) is 5.91 Å². The monoisotopic (exact) mass is 333 g/mol. The highest BCUT2D eigenvalue weighted by Gasteiger charge is 2.16. The number of amides is 1. The van der Waals surface area contributed by atoms with Crippen molar-refractivity contribution in [1.29, 1.82) is 0 Å². The second kappa shape index (κ2) is 6.49. The average molecular weight is 333 g/mol. The molecule has 1 aliphatic heterocycles. The molecule has 6 nitrogen and oxygen atoms in total. The predicted molar refractivity (Wildman–Crippen MR) is 85.8 cm³/mol. The molecule has 23 heavy (non-hydrogen) atoms. The molecule has 0 fully saturated rings. The number of anilines is 1. The van der Waals surface area contributed by atoms with Gasteiger partial charge in [-0.25, -0.2) is 4.39 Å². The molecule has 0 atom stereocenters. The average Bonchev–Trinajstić information content (AvgIpc) is 3.02. The summed E-state index contributed by atoms with van der Waals surface area (Å²) in [6.07, 6.45) is 0. The van der Waals surface area contributed by atoms with Gasteiger partial charge < -0.3 is 14.8 Å². The molecule has 3 N–H and O–H groups in total. The number of benzene rings is 2. The lowest BCUT2D eigenvalue weighted by Gasteiger charge is -2.11. The fourth-order valence-electron chi connectivity index (χ4n) is 1.92. The zero-order chi connectivity index (χ0) is 16.2. The van der Waals surface area contributed by atoms with Crippen molar-refractivity contribution in [3.63, 3.8) is 0 Å². The number of rotatable bonds is 2. The van der Waals surface area contributed by atoms with Crippen molar-refractivity contribution >= 4 is 28.9 Å². The van der Waals surface area contributed by atoms with Crippen molar-refractivity contribution in [2.24, 2.45) is 0 Å². The SMILES string of the molecule is O=C(NNC(=S)Nc1ccc(F)cc1)c1ccc2c(c1)OCO2. The first-order valence-corrected chi connectivity index (χ1v) is 7.05. The number of hydrogen-bond donors (Lipinski definition) is 3. The van der Waals surface area contributed by atoms with Gasteiger partial charge in [0, 0.05) is 11.3 Å². The van der Waals surface area contributed by atoms with Crippen LogP contribution in [0.15, 0.2) is 42.5 Å². The number of thiocarbonyl (C=S) groups is 1. The summed E-state index contributed by atoms with van der Waals surface area (Å²) in [5.41, 5.74) is 6.02. The molecule has 0 saturated carbocycles. The van der Waals surface area contributed by atoms with Gasteiger partial charge in [-0.3, -0.25) is 15.6 Å². The fraction of sp³-hybridized carbons (Fsp3) is 0.0667. The first kappa shape index (κ1) is 15.0. The number of carbonyl (C=O) groups excluding carboxylic acids is 1. The summed E-state index contributed by atoms with van der Waals surface area (Å²) in [6, 6.07) is 10.5. The lowest BCUT2D eigenvalue weighted by Crippen LogP contribution is -2.43. The number of nitrogens with one attached hydrogen (secondary N) is 3. The normalized spacial score (nSPS) is 11.7. The predicted octanol–water partition coefficient (Wildman–Crippen LogP) is 2.19. The Kier molecular flexibility index (Phi) is 4.24. The maximum absolute atomic E-state index is 12.8. The standard InChI is InChI=1S/C15H12FN3O3S/c16-10-2-4-11(5-3-10)17-15(23)19-18-14(20)9-1-6-12-13(7-9)22-8-21-12/h1-7H,8H2,(H,18,20)(H2,17,19,23). The minimum atomic E-state index is -0.383. The number of ether oxygens (including phenoxy) is 2. The lowest BCUT2D eigenvalue weighted by atomic mass is 10.2. The summed E-state index contributed by atoms with van der Waals surface area (Å²) in [7, 11) is 0. The number of fused-ring (bicyclic) bond motifs is 1. The summed E-state index contributed by atoms with van der Waals surface area (Å²) in [5, 5.41) is 2.98. The van der Waals surface area contributed by atoms with Gasteiger partial charge in [-0.15, -0.1) is 0 Å². The van der Waals surface area contributed by atoms with Crippen molar-refractivity contribution < 1.29 is 18.7 Å². The molecule has 8 heteroatoms. The van der Waals surface area contributed by atoms with Crippen LogP contribution >= 0.6 is 12.2 Å². The molecule has 3 rings (SSSR count). The van der Waals surface area contributed by atoms with Crippen LogP contribution in [0, 0.1) is 5.82 Å². The first-order valence-electron chi connectivity index (χ1n) is 6.64. The minimum Gasteiger partial charge on any atom is -0.454 e. The highest BCUT2D eigenvalue weighted by molar-refractivity contribution is 7.80. The molecular formula is C15H12FN3O3S. The molecule has 0 bridgehead atoms. The molecule has 0 aliphatic carbocycles. The highest BCUT2D eigenvalue weighted by atomic mass is 32.1. The zero-order valence-electron chi connectivity index (χ0n) is 11.8. The van der Waals surface area contributed by atoms with E-state index in [2.05, 4.69) is 16.2 Å². The van der Waals surface area contributed by atoms with E-state index >= 15 is 0 Å². The van der Waals surface area contributed by atoms with E-state index in [4.69, 9.17) is 21.7 Å². The van der Waals surface area contributed by atoms with Crippen molar-refractivity contribution in [3.8, 4) is 11.5 Å². The maximum atomic E-state index is 12.8. The van der Waals surface area contributed by atoms with Crippen molar-refractivity contribution in [2.45, 2.75) is 0 Å². The van der Waals surface area contributed by atoms with E-state index in [9.17, 15) is 9.18 Å². The Morgan fingerprint density at radius 3 is 2.57 bits per heavy atom. The Hall–Kier alpha value is -2.87. The summed E-state index contributed by atoms with van der Waals surface area (Å²) in [5.74, 6) is 0.393. The van der Waals surface area contributed by atoms with Crippen molar-refractivity contribution in [2.75, 3.05) is 12.1 Å². The van der Waals surface area contributed by atoms with E-state index in [1.54, 1.807) is 18.2 Å². The van der Waals surface area contributed by atoms with Gasteiger partial charge in [0.1, 0.15) is 5.82 Å². The third-order valence-corrected chi connectivity index (χ3v) is 3.23. The minimum absolute atomic E-state index is 0.143. The van der Waals surface area contributed by atoms with E-state index in [0.717, 1.165) is 0 Å². The van der Waals surface area contributed by atoms with E-state index in [1.165, 1.54) is 24.3 Å². The summed E-state index contributed by atoms with van der Waals surface area (Å²) < 4.78 is 23.2. The van der Waals surface area contributed by atoms with Crippen LogP contribution in [0.5, 0.6) is 11.5 Å². The van der Waals surface area contributed by atoms with Gasteiger partial charge in [-0.1, -0.05) is 0 Å². The van der Waals surface area contributed by atoms with Crippen LogP contribution in [-0.2, 0) is 0 Å². The molecule has 1 amide bonds. The van der Waals surface area contributed by atoms with Crippen LogP contribution in [-0.4, -0.2) is 17.8 Å². The highest BCUT2D eigenvalue weighted by Crippen LogP contribution is 2.32. The topological polar surface area (TPSA) is 71.6 Å². The van der Waals surface area contributed by atoms with E-state index in [-0.39, 0.29) is 23.6 Å². The van der Waals surface area contributed by atoms with Crippen LogP contribution in [0.2, 0.25) is 0 Å². The number of hydrogen-bond acceptors (Lipinski definition) is 4. The molecule has 0 saturated heterocycles. The molecule has 1 aliphatic rings. The molecule has 2 aromatic carbocycles. The Morgan fingerprint density at radius 1 is 1.04 bits per heavy atom. The summed E-state index contributed by atoms with van der Waals surface area (Å²) >= 11 is 5.04. The van der Waals surface area contributed by atoms with Crippen molar-refractivity contribution in [1.82, 2.24) is 10.9 Å². The zero-order valence-corrected chi connectivity index (χ0v) is 12.6. The van der Waals surface area contributed by atoms with Gasteiger partial charge in [0.2, 0.25) is 6.79 Å². The Labute approximate surface area is 136 Å². The van der Waals surface area contributed by atoms with Crippen LogP contribution in [0.25, 0.3) is 0 Å². The maximum Gasteiger partial charge on any atom is 0.269 e. The summed E-state index contributed by atoms with van der Waals surface area (Å²) in [4.78, 5) is 12.0. The smallest absolute Gasteiger partial charge is 0.269 e. The van der Waals surface area contributed by atoms with E-state index < -0.39 is 0 Å². The molecule has 0 spiro atoms. The Bertz CT molecular complexity index is 752. The van der Waals surface area contributed by atoms with E-state index in [0.29, 0.717) is 22.7 Å². The number of hydrazine groups is 1. The van der Waals surface area contributed by atoms with Crippen LogP contribution in [0.4, 0.5) is 10.1 Å². The van der Waals surface area contributed by atoms with Crippen LogP contribution in [0.1, 0.15) is 10.4 Å². The number of carbonyl (C=O) groups is 1. The van der Waals surface area contributed by atoms with Crippen LogP contribution < -0.4 is 25.6 Å². The molecular weight excluding hydrogens is 321 g/mol. The van der Waals surface area contributed by atoms with Gasteiger partial charge >= 0.3 is 0 Å². The van der Waals surface area contributed by atoms with Crippen LogP contribution in [0.3, 0.4) is 0 Å². The molecule has 1 heterocycles. The van der Waals surface area contributed by atoms with Gasteiger partial charge in [0.05, 0.1) is 0 Å². The molecule has 118 valence electrons. The molecule has 2 aromatic rings. The van der Waals surface area contributed by atoms with Gasteiger partial charge in [-0.2, -0.15) is 0 Å². The third-order valence-electron chi connectivity index (χ3n) is 3.03. The second-order valence-corrected chi connectivity index (χ2v) is 5.02. The van der Waals surface area contributed by atoms with E-state index in [1.807, 2.05) is 0 Å². The Balaban J connectivity index is 1.54. The first-order chi connectivity index (χ1) is 11.1. The van der Waals surface area contributed by atoms with Gasteiger partial charge in [0.15, 0.2) is 16.6 Å². The quantitative estimate of drug-likeness (QED) is 0.578. The third kappa shape index (κ3) is 3.67. The fourth-order valence-corrected chi connectivity index (χ4v) is 2.09. The summed E-state index contributed by atoms with van der Waals surface area (Å²) in [6.45, 7) is 0.143. The largest absolute Gasteiger partial charge is 0.454 e. The molecule has 0 radical (unpaired) electrons. The lowest BCUT2D eigenvalue weighted by molar-refractivity contribution is 0.0943. The van der Waals surface area contributed by atoms with Gasteiger partial charge in [-0.05, 0) is 54.7 Å². The molecule has 0 aromatic heterocycles. The number of halogens is 1.